The monoisotopic (exact) mass is 1020 g/mol. The first-order valence-electron chi connectivity index (χ1n) is 25.7. The van der Waals surface area contributed by atoms with Crippen molar-refractivity contribution in [3.05, 3.63) is 232 Å². The van der Waals surface area contributed by atoms with Gasteiger partial charge in [0.2, 0.25) is 0 Å². The summed E-state index contributed by atoms with van der Waals surface area (Å²) in [5, 5.41) is 1.90. The number of aryl methyl sites for hydroxylation is 1. The summed E-state index contributed by atoms with van der Waals surface area (Å²) in [6, 6.07) is 57.1. The first-order valence-corrected chi connectivity index (χ1v) is 26.5. The Balaban J connectivity index is 0.000000260. The summed E-state index contributed by atoms with van der Waals surface area (Å²) in [6.07, 6.45) is 9.68. The first kappa shape index (κ1) is 52.3. The fraction of sp³-hybridized carbons (Fsp3) is 0.234. The van der Waals surface area contributed by atoms with Crippen molar-refractivity contribution >= 4 is 47.0 Å². The van der Waals surface area contributed by atoms with Crippen LogP contribution in [-0.4, -0.2) is 58.8 Å². The Morgan fingerprint density at radius 2 is 1.24 bits per heavy atom. The Morgan fingerprint density at radius 1 is 0.653 bits per heavy atom. The molecule has 380 valence electrons. The van der Waals surface area contributed by atoms with Crippen LogP contribution in [0.3, 0.4) is 0 Å². The Labute approximate surface area is 442 Å². The molecule has 10 rings (SSSR count). The summed E-state index contributed by atoms with van der Waals surface area (Å²) in [5.41, 5.74) is 9.81. The number of hydrogen-bond acceptors (Lipinski definition) is 8. The Kier molecular flexibility index (Phi) is 17.8. The van der Waals surface area contributed by atoms with Gasteiger partial charge in [0.05, 0.1) is 35.9 Å². The molecule has 3 aliphatic rings. The van der Waals surface area contributed by atoms with Gasteiger partial charge in [-0.05, 0) is 144 Å². The van der Waals surface area contributed by atoms with Crippen LogP contribution in [-0.2, 0) is 38.7 Å². The molecule has 0 radical (unpaired) electrons. The van der Waals surface area contributed by atoms with Gasteiger partial charge >= 0.3 is 0 Å². The fourth-order valence-electron chi connectivity index (χ4n) is 10.2. The zero-order chi connectivity index (χ0) is 51.9. The summed E-state index contributed by atoms with van der Waals surface area (Å²) in [4.78, 5) is 64.2. The Bertz CT molecular complexity index is 3130. The molecule has 2 heterocycles. The molecule has 1 saturated carbocycles. The van der Waals surface area contributed by atoms with E-state index < -0.39 is 5.82 Å². The van der Waals surface area contributed by atoms with E-state index in [9.17, 15) is 28.4 Å². The molecule has 0 spiro atoms. The standard InChI is InChI=1S/C44H37FN2O5S.C20H22O2/c45-34-23-21-32(22-24-34)41(48)38-15-6-7-16-39(38)43(50)47-27-36(52-28-33-12-4-5-14-37(33)31-10-2-1-3-11-31)26-35(47)13-8-9-29-17-19-30(20-18-29)25-40-42(49)46-44(51)53-40;21-13-12-16-10-11-19(14-16)22-15-18-8-4-5-9-20(18)17-6-2-1-3-7-17/h1-7,10-12,14-25,35-36H,8-9,13,26-28H2,(H,46,49,51);1-9,13,16,19H,10-12,14-15H2/b40-25-;/t35-,36-;16-,19?/m11/s1. The molecule has 2 saturated heterocycles. The molecule has 4 atom stereocenters. The zero-order valence-corrected chi connectivity index (χ0v) is 42.5. The van der Waals surface area contributed by atoms with Crippen molar-refractivity contribution in [2.75, 3.05) is 6.54 Å². The third kappa shape index (κ3) is 13.8. The van der Waals surface area contributed by atoms with Crippen molar-refractivity contribution in [3.8, 4) is 22.3 Å². The van der Waals surface area contributed by atoms with Gasteiger partial charge < -0.3 is 19.2 Å². The second kappa shape index (κ2) is 25.6. The van der Waals surface area contributed by atoms with Crippen molar-refractivity contribution in [2.24, 2.45) is 5.92 Å². The van der Waals surface area contributed by atoms with Crippen LogP contribution < -0.4 is 5.32 Å². The molecule has 7 aromatic carbocycles. The van der Waals surface area contributed by atoms with Crippen molar-refractivity contribution in [3.63, 3.8) is 0 Å². The number of amides is 3. The van der Waals surface area contributed by atoms with Gasteiger partial charge in [-0.15, -0.1) is 0 Å². The molecule has 0 aromatic heterocycles. The third-order valence-corrected chi connectivity index (χ3v) is 15.0. The number of aldehydes is 1. The number of halogens is 1. The van der Waals surface area contributed by atoms with E-state index in [1.165, 1.54) is 41.0 Å². The summed E-state index contributed by atoms with van der Waals surface area (Å²) >= 11 is 0.892. The molecule has 3 amide bonds. The average Bonchev–Trinajstić information content (AvgIpc) is 4.18. The van der Waals surface area contributed by atoms with E-state index in [-0.39, 0.29) is 40.5 Å². The molecule has 1 unspecified atom stereocenters. The Morgan fingerprint density at radius 3 is 1.85 bits per heavy atom. The zero-order valence-electron chi connectivity index (χ0n) is 41.7. The van der Waals surface area contributed by atoms with Gasteiger partial charge in [-0.1, -0.05) is 152 Å². The van der Waals surface area contributed by atoms with Crippen LogP contribution in [0, 0.1) is 11.7 Å². The van der Waals surface area contributed by atoms with E-state index in [0.717, 1.165) is 84.4 Å². The number of rotatable bonds is 18. The van der Waals surface area contributed by atoms with Gasteiger partial charge in [0.1, 0.15) is 12.1 Å². The van der Waals surface area contributed by atoms with E-state index in [4.69, 9.17) is 9.47 Å². The van der Waals surface area contributed by atoms with Crippen LogP contribution in [0.15, 0.2) is 187 Å². The molecular formula is C64H59FN2O7S. The molecule has 1 N–H and O–H groups in total. The molecule has 3 fully saturated rings. The predicted octanol–water partition coefficient (Wildman–Crippen LogP) is 13.5. The fourth-order valence-corrected chi connectivity index (χ4v) is 10.9. The second-order valence-electron chi connectivity index (χ2n) is 19.2. The molecule has 1 aliphatic carbocycles. The lowest BCUT2D eigenvalue weighted by molar-refractivity contribution is -0.115. The summed E-state index contributed by atoms with van der Waals surface area (Å²) in [7, 11) is 0. The molecule has 9 nitrogen and oxygen atoms in total. The number of likely N-dealkylation sites (tertiary alicyclic amines) is 1. The maximum absolute atomic E-state index is 14.4. The quantitative estimate of drug-likeness (QED) is 0.0513. The van der Waals surface area contributed by atoms with E-state index in [1.807, 2.05) is 65.6 Å². The highest BCUT2D eigenvalue weighted by Gasteiger charge is 2.37. The minimum atomic E-state index is -0.438. The van der Waals surface area contributed by atoms with Crippen LogP contribution in [0.4, 0.5) is 9.18 Å². The van der Waals surface area contributed by atoms with Gasteiger partial charge in [-0.25, -0.2) is 4.39 Å². The van der Waals surface area contributed by atoms with Gasteiger partial charge in [0.25, 0.3) is 17.1 Å². The summed E-state index contributed by atoms with van der Waals surface area (Å²) in [5.74, 6) is -0.877. The molecule has 7 aromatic rings. The van der Waals surface area contributed by atoms with Crippen molar-refractivity contribution < 1.29 is 37.8 Å². The lowest BCUT2D eigenvalue weighted by atomic mass is 9.97. The number of benzene rings is 7. The largest absolute Gasteiger partial charge is 0.374 e. The van der Waals surface area contributed by atoms with Gasteiger partial charge in [-0.2, -0.15) is 0 Å². The highest BCUT2D eigenvalue weighted by molar-refractivity contribution is 8.18. The van der Waals surface area contributed by atoms with Crippen LogP contribution >= 0.6 is 11.8 Å². The molecule has 11 heteroatoms. The van der Waals surface area contributed by atoms with E-state index in [2.05, 4.69) is 78.1 Å². The second-order valence-corrected chi connectivity index (χ2v) is 20.2. The van der Waals surface area contributed by atoms with Crippen LogP contribution in [0.2, 0.25) is 0 Å². The number of carbonyl (C=O) groups excluding carboxylic acids is 5. The number of imide groups is 1. The van der Waals surface area contributed by atoms with E-state index in [0.29, 0.717) is 60.7 Å². The predicted molar refractivity (Wildman–Crippen MR) is 293 cm³/mol. The van der Waals surface area contributed by atoms with Crippen molar-refractivity contribution in [1.29, 1.82) is 0 Å². The number of ketones is 1. The van der Waals surface area contributed by atoms with E-state index in [1.54, 1.807) is 30.3 Å². The van der Waals surface area contributed by atoms with Crippen LogP contribution in [0.1, 0.15) is 93.5 Å². The SMILES string of the molecule is O=C1NC(=O)/C(=C/c2ccc(CCC[C@@H]3C[C@@H](OCc4ccccc4-c4ccccc4)CN3C(=O)c3ccccc3C(=O)c3ccc(F)cc3)cc2)S1.O=CC[C@H]1CCC(OCc2ccccc2-c2ccccc2)C1. The lowest BCUT2D eigenvalue weighted by Gasteiger charge is -2.25. The number of thioether (sulfide) groups is 1. The lowest BCUT2D eigenvalue weighted by Crippen LogP contribution is -2.37. The van der Waals surface area contributed by atoms with E-state index >= 15 is 0 Å². The molecule has 75 heavy (non-hydrogen) atoms. The number of nitrogens with one attached hydrogen (secondary N) is 1. The number of hydrogen-bond donors (Lipinski definition) is 1. The molecule has 0 bridgehead atoms. The van der Waals surface area contributed by atoms with Crippen LogP contribution in [0.25, 0.3) is 28.3 Å². The maximum atomic E-state index is 14.4. The minimum absolute atomic E-state index is 0.120. The van der Waals surface area contributed by atoms with Gasteiger partial charge in [0, 0.05) is 30.1 Å². The summed E-state index contributed by atoms with van der Waals surface area (Å²) in [6.45, 7) is 1.41. The molecular weight excluding hydrogens is 960 g/mol. The normalized spacial score (nSPS) is 18.6. The summed E-state index contributed by atoms with van der Waals surface area (Å²) < 4.78 is 26.3. The maximum Gasteiger partial charge on any atom is 0.290 e. The number of nitrogens with zero attached hydrogens (tertiary/aromatic N) is 1. The van der Waals surface area contributed by atoms with Crippen molar-refractivity contribution in [2.45, 2.75) is 82.8 Å². The van der Waals surface area contributed by atoms with Crippen LogP contribution in [0.5, 0.6) is 0 Å². The van der Waals surface area contributed by atoms with Gasteiger partial charge in [-0.3, -0.25) is 24.5 Å². The minimum Gasteiger partial charge on any atom is -0.374 e. The average molecular weight is 1020 g/mol. The number of ether oxygens (including phenoxy) is 2. The van der Waals surface area contributed by atoms with Crippen molar-refractivity contribution in [1.82, 2.24) is 10.2 Å². The Hall–Kier alpha value is -7.57. The highest BCUT2D eigenvalue weighted by atomic mass is 32.2. The molecule has 2 aliphatic heterocycles. The number of carbonyl (C=O) groups is 5. The smallest absolute Gasteiger partial charge is 0.290 e. The third-order valence-electron chi connectivity index (χ3n) is 14.1. The first-order chi connectivity index (χ1) is 36.7. The highest BCUT2D eigenvalue weighted by Crippen LogP contribution is 2.34. The van der Waals surface area contributed by atoms with Gasteiger partial charge in [0.15, 0.2) is 5.78 Å². The topological polar surface area (TPSA) is 119 Å².